The fourth-order valence-electron chi connectivity index (χ4n) is 6.86. The van der Waals surface area contributed by atoms with Crippen molar-refractivity contribution in [1.29, 1.82) is 0 Å². The van der Waals surface area contributed by atoms with Crippen LogP contribution in [-0.4, -0.2) is 35.1 Å². The van der Waals surface area contributed by atoms with Gasteiger partial charge in [0.05, 0.1) is 5.02 Å². The van der Waals surface area contributed by atoms with E-state index in [1.165, 1.54) is 18.3 Å². The normalized spacial score (nSPS) is 28.2. The second-order valence-electron chi connectivity index (χ2n) is 10.6. The van der Waals surface area contributed by atoms with E-state index in [1.807, 2.05) is 0 Å². The van der Waals surface area contributed by atoms with Crippen molar-refractivity contribution in [3.05, 3.63) is 62.3 Å². The zero-order valence-corrected chi connectivity index (χ0v) is 21.1. The summed E-state index contributed by atoms with van der Waals surface area (Å²) in [6.45, 7) is 3.02. The Hall–Kier alpha value is -2.71. The van der Waals surface area contributed by atoms with Gasteiger partial charge in [0.1, 0.15) is 17.1 Å². The molecule has 2 fully saturated rings. The summed E-state index contributed by atoms with van der Waals surface area (Å²) < 4.78 is 21.2. The number of hydrogen-bond donors (Lipinski definition) is 2. The first-order valence-electron chi connectivity index (χ1n) is 12.4. The molecule has 2 unspecified atom stereocenters. The van der Waals surface area contributed by atoms with Gasteiger partial charge in [-0.2, -0.15) is 0 Å². The number of Topliss-reactive ketones (excluding diaryl/α,β-unsaturated/α-hetero) is 1. The molecule has 1 aromatic carbocycles. The van der Waals surface area contributed by atoms with Crippen LogP contribution >= 0.6 is 11.6 Å². The van der Waals surface area contributed by atoms with Gasteiger partial charge < -0.3 is 19.7 Å². The van der Waals surface area contributed by atoms with Crippen molar-refractivity contribution in [2.24, 2.45) is 29.1 Å². The third-order valence-electron chi connectivity index (χ3n) is 8.28. The third-order valence-corrected chi connectivity index (χ3v) is 8.58. The molecule has 3 atom stereocenters. The van der Waals surface area contributed by atoms with Crippen LogP contribution < -0.4 is 10.7 Å². The Morgan fingerprint density at radius 2 is 2.08 bits per heavy atom. The maximum Gasteiger partial charge on any atom is 0.257 e. The summed E-state index contributed by atoms with van der Waals surface area (Å²) in [4.78, 5) is 39.5. The number of hydrogen-bond acceptors (Lipinski definition) is 5. The number of amides is 1. The summed E-state index contributed by atoms with van der Waals surface area (Å²) in [5, 5.41) is 13.3. The largest absolute Gasteiger partial charge is 0.503 e. The van der Waals surface area contributed by atoms with Gasteiger partial charge in [-0.05, 0) is 48.5 Å². The zero-order chi connectivity index (χ0) is 25.8. The molecule has 0 bridgehead atoms. The summed E-state index contributed by atoms with van der Waals surface area (Å²) in [6.07, 6.45) is 5.08. The molecule has 1 spiro atoms. The number of methoxy groups -OCH3 is 1. The molecule has 2 aromatic rings. The van der Waals surface area contributed by atoms with Crippen LogP contribution in [0.4, 0.5) is 4.39 Å². The minimum atomic E-state index is -0.898. The van der Waals surface area contributed by atoms with E-state index in [-0.39, 0.29) is 57.3 Å². The van der Waals surface area contributed by atoms with E-state index >= 15 is 0 Å². The summed E-state index contributed by atoms with van der Waals surface area (Å²) in [5.41, 5.74) is -1.14. The van der Waals surface area contributed by atoms with Crippen molar-refractivity contribution in [1.82, 2.24) is 9.88 Å². The Kier molecular flexibility index (Phi) is 6.45. The molecule has 2 saturated carbocycles. The number of rotatable bonds is 7. The lowest BCUT2D eigenvalue weighted by Crippen LogP contribution is -2.45. The highest BCUT2D eigenvalue weighted by Crippen LogP contribution is 2.69. The number of pyridine rings is 1. The molecule has 3 aliphatic rings. The fraction of sp³-hybridized carbons (Fsp3) is 0.519. The lowest BCUT2D eigenvalue weighted by molar-refractivity contribution is -0.0318. The van der Waals surface area contributed by atoms with Gasteiger partial charge in [0.2, 0.25) is 5.43 Å². The number of nitrogens with zero attached hydrogens (tertiary/aromatic N) is 1. The summed E-state index contributed by atoms with van der Waals surface area (Å²) in [7, 11) is 1.68. The van der Waals surface area contributed by atoms with Crippen LogP contribution in [0, 0.1) is 34.9 Å². The Morgan fingerprint density at radius 1 is 1.33 bits per heavy atom. The molecule has 2 N–H and O–H groups in total. The van der Waals surface area contributed by atoms with Gasteiger partial charge in [-0.3, -0.25) is 14.4 Å². The van der Waals surface area contributed by atoms with Gasteiger partial charge in [0, 0.05) is 44.5 Å². The smallest absolute Gasteiger partial charge is 0.257 e. The second-order valence-corrected chi connectivity index (χ2v) is 11.0. The highest BCUT2D eigenvalue weighted by molar-refractivity contribution is 6.30. The number of nitrogens with one attached hydrogen (secondary N) is 1. The molecule has 5 rings (SSSR count). The van der Waals surface area contributed by atoms with Crippen LogP contribution in [0.25, 0.3) is 0 Å². The average molecular weight is 517 g/mol. The van der Waals surface area contributed by atoms with Gasteiger partial charge in [-0.1, -0.05) is 37.1 Å². The first kappa shape index (κ1) is 25.0. The van der Waals surface area contributed by atoms with Crippen molar-refractivity contribution in [3.8, 4) is 5.75 Å². The van der Waals surface area contributed by atoms with Crippen molar-refractivity contribution in [2.75, 3.05) is 13.7 Å². The maximum absolute atomic E-state index is 14.2. The number of ether oxygens (including phenoxy) is 1. The predicted molar refractivity (Wildman–Crippen MR) is 132 cm³/mol. The van der Waals surface area contributed by atoms with Gasteiger partial charge in [-0.15, -0.1) is 0 Å². The Bertz CT molecular complexity index is 1290. The number of aromatic nitrogens is 1. The number of benzene rings is 1. The molecule has 36 heavy (non-hydrogen) atoms. The Morgan fingerprint density at radius 3 is 2.78 bits per heavy atom. The van der Waals surface area contributed by atoms with E-state index in [1.54, 1.807) is 17.7 Å². The van der Waals surface area contributed by atoms with Crippen LogP contribution in [-0.2, 0) is 17.8 Å². The quantitative estimate of drug-likeness (QED) is 0.575. The van der Waals surface area contributed by atoms with E-state index in [0.29, 0.717) is 19.1 Å². The minimum Gasteiger partial charge on any atom is -0.503 e. The molecule has 0 saturated heterocycles. The number of carbonyl (C=O) groups excluding carboxylic acids is 2. The third kappa shape index (κ3) is 3.95. The van der Waals surface area contributed by atoms with Crippen LogP contribution in [0.1, 0.15) is 59.0 Å². The number of halogens is 2. The lowest BCUT2D eigenvalue weighted by Gasteiger charge is -2.49. The highest BCUT2D eigenvalue weighted by Gasteiger charge is 2.68. The molecule has 1 aromatic heterocycles. The van der Waals surface area contributed by atoms with Crippen molar-refractivity contribution in [2.45, 2.75) is 45.7 Å². The molecule has 1 amide bonds. The number of ketones is 1. The van der Waals surface area contributed by atoms with Crippen LogP contribution in [0.3, 0.4) is 0 Å². The molecule has 7 nitrogen and oxygen atoms in total. The summed E-state index contributed by atoms with van der Waals surface area (Å²) >= 11 is 5.81. The monoisotopic (exact) mass is 516 g/mol. The van der Waals surface area contributed by atoms with E-state index in [4.69, 9.17) is 16.3 Å². The highest BCUT2D eigenvalue weighted by atomic mass is 35.5. The second kappa shape index (κ2) is 9.30. The van der Waals surface area contributed by atoms with Gasteiger partial charge in [-0.25, -0.2) is 4.39 Å². The molecule has 1 aliphatic heterocycles. The SMILES string of the molecule is CCCC1C2C(=O)c3c(O)c(=O)c(C(=O)NCc4cccc(Cl)c4F)cn3CC3(CC(COC)C3)[C@H]12. The maximum atomic E-state index is 14.2. The number of aromatic hydroxyl groups is 1. The summed E-state index contributed by atoms with van der Waals surface area (Å²) in [6, 6.07) is 4.45. The molecular weight excluding hydrogens is 487 g/mol. The molecule has 192 valence electrons. The van der Waals surface area contributed by atoms with Crippen LogP contribution in [0.15, 0.2) is 29.2 Å². The first-order chi connectivity index (χ1) is 17.2. The van der Waals surface area contributed by atoms with Gasteiger partial charge in [0.25, 0.3) is 5.91 Å². The molecule has 9 heteroatoms. The van der Waals surface area contributed by atoms with E-state index in [2.05, 4.69) is 12.2 Å². The van der Waals surface area contributed by atoms with E-state index in [0.717, 1.165) is 25.7 Å². The molecule has 2 aliphatic carbocycles. The van der Waals surface area contributed by atoms with E-state index < -0.39 is 22.9 Å². The van der Waals surface area contributed by atoms with Crippen molar-refractivity contribution < 1.29 is 23.8 Å². The van der Waals surface area contributed by atoms with Crippen molar-refractivity contribution in [3.63, 3.8) is 0 Å². The summed E-state index contributed by atoms with van der Waals surface area (Å²) in [5.74, 6) is -1.65. The molecule has 0 radical (unpaired) electrons. The number of carbonyl (C=O) groups is 2. The first-order valence-corrected chi connectivity index (χ1v) is 12.8. The van der Waals surface area contributed by atoms with Gasteiger partial charge >= 0.3 is 0 Å². The molecular formula is C27H30ClFN2O5. The predicted octanol–water partition coefficient (Wildman–Crippen LogP) is 4.18. The average Bonchev–Trinajstić information content (AvgIpc) is 3.55. The lowest BCUT2D eigenvalue weighted by atomic mass is 9.58. The topological polar surface area (TPSA) is 97.6 Å². The van der Waals surface area contributed by atoms with Crippen LogP contribution in [0.2, 0.25) is 5.02 Å². The zero-order valence-electron chi connectivity index (χ0n) is 20.4. The standard InChI is InChI=1S/C27H30ClFN2O5/c1-3-5-16-19-20(16)27(8-14(9-27)12-36-2)13-31-11-17(23(32)25(34)22(31)24(19)33)26(35)30-10-15-6-4-7-18(28)21(15)29/h4,6-7,11,14,16,19-20,34H,3,5,8-10,12-13H2,1-2H3,(H,30,35)/t14?,16?,19?,20-,27?/m1/s1. The Balaban J connectivity index is 1.47. The Labute approximate surface area is 213 Å². The number of fused-ring (bicyclic) bond motifs is 3. The molecule has 2 heterocycles. The van der Waals surface area contributed by atoms with Gasteiger partial charge in [0.15, 0.2) is 11.5 Å². The fourth-order valence-corrected chi connectivity index (χ4v) is 7.05. The van der Waals surface area contributed by atoms with Crippen LogP contribution in [0.5, 0.6) is 5.75 Å². The van der Waals surface area contributed by atoms with E-state index in [9.17, 15) is 23.9 Å². The minimum absolute atomic E-state index is 0.00175. The van der Waals surface area contributed by atoms with Crippen molar-refractivity contribution >= 4 is 23.3 Å².